The average Bonchev–Trinajstić information content (AvgIpc) is 2.63. The number of aliphatic hydroxyl groups is 1. The molecule has 0 aliphatic heterocycles. The molecule has 3 rings (SSSR count). The highest BCUT2D eigenvalue weighted by atomic mass is 32.2. The Balaban J connectivity index is 1.83. The predicted octanol–water partition coefficient (Wildman–Crippen LogP) is 3.99. The van der Waals surface area contributed by atoms with Crippen LogP contribution in [0.5, 0.6) is 0 Å². The molecule has 1 N–H and O–H groups in total. The van der Waals surface area contributed by atoms with Crippen molar-refractivity contribution in [3.63, 3.8) is 0 Å². The second kappa shape index (κ2) is 7.74. The lowest BCUT2D eigenvalue weighted by Gasteiger charge is -2.46. The molecule has 0 amide bonds. The Kier molecular flexibility index (Phi) is 5.75. The second-order valence-electron chi connectivity index (χ2n) is 7.75. The zero-order valence-electron chi connectivity index (χ0n) is 16.2. The first-order valence-corrected chi connectivity index (χ1v) is 10.9. The number of aryl methyl sites for hydroxylation is 2. The Morgan fingerprint density at radius 2 is 1.81 bits per heavy atom. The smallest absolute Gasteiger partial charge is 0.296 e. The van der Waals surface area contributed by atoms with E-state index in [2.05, 4.69) is 26.0 Å². The lowest BCUT2D eigenvalue weighted by atomic mass is 9.60. The number of aliphatic hydroxyl groups excluding tert-OH is 1. The van der Waals surface area contributed by atoms with Crippen LogP contribution in [0.3, 0.4) is 0 Å². The summed E-state index contributed by atoms with van der Waals surface area (Å²) in [5.74, 6) is 0.152. The summed E-state index contributed by atoms with van der Waals surface area (Å²) in [4.78, 5) is 0.163. The van der Waals surface area contributed by atoms with Crippen LogP contribution in [0.15, 0.2) is 53.4 Å². The summed E-state index contributed by atoms with van der Waals surface area (Å²) in [5.41, 5.74) is 2.85. The third-order valence-electron chi connectivity index (χ3n) is 5.89. The standard InChI is InChI=1S/C22H28O4S/c1-16(2)22(20-7-5-4-6-18(20)10-13-21(22)23)14-15-26-27(24,25)19-11-8-17(3)9-12-19/h4-9,11-12,16,21,23H,10,13-15H2,1-3H3. The summed E-state index contributed by atoms with van der Waals surface area (Å²) >= 11 is 0. The Morgan fingerprint density at radius 3 is 2.48 bits per heavy atom. The molecule has 0 heterocycles. The molecule has 0 bridgehead atoms. The summed E-state index contributed by atoms with van der Waals surface area (Å²) in [6.45, 7) is 6.12. The Labute approximate surface area is 162 Å². The first-order chi connectivity index (χ1) is 12.8. The van der Waals surface area contributed by atoms with Gasteiger partial charge in [-0.15, -0.1) is 0 Å². The Morgan fingerprint density at radius 1 is 1.15 bits per heavy atom. The highest BCUT2D eigenvalue weighted by Gasteiger charge is 2.45. The van der Waals surface area contributed by atoms with Crippen molar-refractivity contribution in [2.75, 3.05) is 6.61 Å². The van der Waals surface area contributed by atoms with Crippen molar-refractivity contribution in [2.45, 2.75) is 56.4 Å². The number of hydrogen-bond donors (Lipinski definition) is 1. The average molecular weight is 389 g/mol. The molecule has 2 aromatic carbocycles. The number of rotatable bonds is 6. The normalized spacial score (nSPS) is 22.6. The summed E-state index contributed by atoms with van der Waals surface area (Å²) in [6, 6.07) is 14.8. The molecule has 0 radical (unpaired) electrons. The largest absolute Gasteiger partial charge is 0.392 e. The van der Waals surface area contributed by atoms with Crippen molar-refractivity contribution in [3.8, 4) is 0 Å². The van der Waals surface area contributed by atoms with Crippen molar-refractivity contribution >= 4 is 10.1 Å². The van der Waals surface area contributed by atoms with Gasteiger partial charge in [-0.25, -0.2) is 0 Å². The van der Waals surface area contributed by atoms with E-state index < -0.39 is 21.6 Å². The Bertz CT molecular complexity index is 887. The zero-order chi connectivity index (χ0) is 19.7. The highest BCUT2D eigenvalue weighted by molar-refractivity contribution is 7.86. The minimum Gasteiger partial charge on any atom is -0.392 e. The minimum absolute atomic E-state index is 0.0415. The van der Waals surface area contributed by atoms with Crippen LogP contribution in [0.2, 0.25) is 0 Å². The van der Waals surface area contributed by atoms with Crippen LogP contribution >= 0.6 is 0 Å². The molecule has 2 unspecified atom stereocenters. The van der Waals surface area contributed by atoms with E-state index in [1.54, 1.807) is 24.3 Å². The molecule has 0 saturated heterocycles. The van der Waals surface area contributed by atoms with E-state index in [4.69, 9.17) is 4.18 Å². The molecule has 4 nitrogen and oxygen atoms in total. The molecule has 5 heteroatoms. The van der Waals surface area contributed by atoms with Crippen LogP contribution in [0, 0.1) is 12.8 Å². The Hall–Kier alpha value is -1.69. The third-order valence-corrected chi connectivity index (χ3v) is 7.22. The molecule has 0 spiro atoms. The second-order valence-corrected chi connectivity index (χ2v) is 9.36. The van der Waals surface area contributed by atoms with Crippen LogP contribution in [0.25, 0.3) is 0 Å². The first-order valence-electron chi connectivity index (χ1n) is 9.50. The van der Waals surface area contributed by atoms with E-state index in [1.165, 1.54) is 5.56 Å². The molecule has 27 heavy (non-hydrogen) atoms. The summed E-state index contributed by atoms with van der Waals surface area (Å²) in [7, 11) is -3.81. The molecule has 1 aliphatic carbocycles. The van der Waals surface area contributed by atoms with Crippen LogP contribution in [-0.2, 0) is 26.1 Å². The number of hydrogen-bond acceptors (Lipinski definition) is 4. The topological polar surface area (TPSA) is 63.6 Å². The molecule has 2 aromatic rings. The minimum atomic E-state index is -3.81. The van der Waals surface area contributed by atoms with Gasteiger partial charge in [0.1, 0.15) is 0 Å². The van der Waals surface area contributed by atoms with E-state index in [-0.39, 0.29) is 17.4 Å². The quantitative estimate of drug-likeness (QED) is 0.760. The molecule has 146 valence electrons. The summed E-state index contributed by atoms with van der Waals surface area (Å²) < 4.78 is 30.4. The maximum absolute atomic E-state index is 12.5. The fourth-order valence-corrected chi connectivity index (χ4v) is 5.21. The maximum atomic E-state index is 12.5. The predicted molar refractivity (Wildman–Crippen MR) is 106 cm³/mol. The summed E-state index contributed by atoms with van der Waals surface area (Å²) in [5, 5.41) is 10.9. The van der Waals surface area contributed by atoms with Crippen LogP contribution in [0.1, 0.15) is 43.4 Å². The molecule has 2 atom stereocenters. The van der Waals surface area contributed by atoms with E-state index in [0.717, 1.165) is 17.5 Å². The van der Waals surface area contributed by atoms with E-state index in [9.17, 15) is 13.5 Å². The van der Waals surface area contributed by atoms with E-state index in [0.29, 0.717) is 12.8 Å². The van der Waals surface area contributed by atoms with E-state index in [1.807, 2.05) is 19.1 Å². The van der Waals surface area contributed by atoms with Gasteiger partial charge in [-0.2, -0.15) is 8.42 Å². The van der Waals surface area contributed by atoms with Gasteiger partial charge in [0.25, 0.3) is 10.1 Å². The van der Waals surface area contributed by atoms with Crippen LogP contribution in [-0.4, -0.2) is 26.2 Å². The molecular weight excluding hydrogens is 360 g/mol. The van der Waals surface area contributed by atoms with Gasteiger partial charge >= 0.3 is 0 Å². The van der Waals surface area contributed by atoms with Crippen molar-refractivity contribution in [2.24, 2.45) is 5.92 Å². The van der Waals surface area contributed by atoms with Gasteiger partial charge in [0.15, 0.2) is 0 Å². The first kappa shape index (κ1) is 20.1. The lowest BCUT2D eigenvalue weighted by molar-refractivity contribution is 0.0206. The molecule has 0 saturated carbocycles. The van der Waals surface area contributed by atoms with Gasteiger partial charge < -0.3 is 5.11 Å². The van der Waals surface area contributed by atoms with Gasteiger partial charge in [0.2, 0.25) is 0 Å². The van der Waals surface area contributed by atoms with Crippen molar-refractivity contribution < 1.29 is 17.7 Å². The molecule has 1 aliphatic rings. The summed E-state index contributed by atoms with van der Waals surface area (Å²) in [6.07, 6.45) is 1.46. The van der Waals surface area contributed by atoms with Crippen LogP contribution < -0.4 is 0 Å². The van der Waals surface area contributed by atoms with Crippen molar-refractivity contribution in [1.82, 2.24) is 0 Å². The number of fused-ring (bicyclic) bond motifs is 1. The maximum Gasteiger partial charge on any atom is 0.296 e. The zero-order valence-corrected chi connectivity index (χ0v) is 17.0. The van der Waals surface area contributed by atoms with Gasteiger partial charge in [0.05, 0.1) is 17.6 Å². The molecule has 0 fully saturated rings. The molecular formula is C22H28O4S. The van der Waals surface area contributed by atoms with Crippen LogP contribution in [0.4, 0.5) is 0 Å². The van der Waals surface area contributed by atoms with Gasteiger partial charge in [0, 0.05) is 5.41 Å². The fourth-order valence-electron chi connectivity index (χ4n) is 4.30. The SMILES string of the molecule is Cc1ccc(S(=O)(=O)OCCC2(C(C)C)c3ccccc3CCC2O)cc1. The van der Waals surface area contributed by atoms with E-state index >= 15 is 0 Å². The van der Waals surface area contributed by atoms with Crippen molar-refractivity contribution in [3.05, 3.63) is 65.2 Å². The molecule has 0 aromatic heterocycles. The number of benzene rings is 2. The van der Waals surface area contributed by atoms with Gasteiger partial charge in [-0.3, -0.25) is 4.18 Å². The fraction of sp³-hybridized carbons (Fsp3) is 0.455. The van der Waals surface area contributed by atoms with Gasteiger partial charge in [-0.05, 0) is 55.4 Å². The lowest BCUT2D eigenvalue weighted by Crippen LogP contribution is -2.48. The van der Waals surface area contributed by atoms with Crippen molar-refractivity contribution in [1.29, 1.82) is 0 Å². The van der Waals surface area contributed by atoms with Gasteiger partial charge in [-0.1, -0.05) is 55.8 Å². The monoisotopic (exact) mass is 388 g/mol. The third kappa shape index (κ3) is 3.82. The highest BCUT2D eigenvalue weighted by Crippen LogP contribution is 2.45.